The van der Waals surface area contributed by atoms with E-state index >= 15 is 0 Å². The molecule has 7 heteroatoms. The van der Waals surface area contributed by atoms with Gasteiger partial charge < -0.3 is 14.6 Å². The highest BCUT2D eigenvalue weighted by Crippen LogP contribution is 2.28. The fourth-order valence-electron chi connectivity index (χ4n) is 2.89. The van der Waals surface area contributed by atoms with E-state index in [0.717, 1.165) is 23.0 Å². The summed E-state index contributed by atoms with van der Waals surface area (Å²) in [5, 5.41) is 1.27. The van der Waals surface area contributed by atoms with Crippen molar-refractivity contribution in [1.29, 1.82) is 0 Å². The van der Waals surface area contributed by atoms with Crippen LogP contribution in [0.3, 0.4) is 0 Å². The average molecular weight is 330 g/mol. The zero-order valence-electron chi connectivity index (χ0n) is 12.7. The molecule has 0 aliphatic carbocycles. The Morgan fingerprint density at radius 3 is 3.04 bits per heavy atom. The molecule has 1 atom stereocenters. The molecule has 1 saturated heterocycles. The number of H-pyrrole nitrogens is 1. The predicted molar refractivity (Wildman–Crippen MR) is 89.8 cm³/mol. The zero-order valence-corrected chi connectivity index (χ0v) is 13.4. The Bertz CT molecular complexity index is 849. The first-order valence-electron chi connectivity index (χ1n) is 7.55. The van der Waals surface area contributed by atoms with Gasteiger partial charge in [0.25, 0.3) is 0 Å². The maximum Gasteiger partial charge on any atom is 0.230 e. The largest absolute Gasteiger partial charge is 0.377 e. The van der Waals surface area contributed by atoms with Crippen LogP contribution in [-0.2, 0) is 4.74 Å². The summed E-state index contributed by atoms with van der Waals surface area (Å²) in [6, 6.07) is 8.21. The van der Waals surface area contributed by atoms with Crippen LogP contribution in [0.25, 0.3) is 22.3 Å². The summed E-state index contributed by atoms with van der Waals surface area (Å²) in [6.07, 6.45) is 1.90. The Hall–Kier alpha value is -2.18. The van der Waals surface area contributed by atoms with Crippen LogP contribution in [0.2, 0.25) is 5.28 Å². The number of hydrogen-bond acceptors (Lipinski definition) is 5. The predicted octanol–water partition coefficient (Wildman–Crippen LogP) is 2.90. The van der Waals surface area contributed by atoms with Gasteiger partial charge in [-0.3, -0.25) is 0 Å². The first-order chi connectivity index (χ1) is 11.2. The summed E-state index contributed by atoms with van der Waals surface area (Å²) < 4.78 is 5.48. The number of anilines is 1. The third-order valence-electron chi connectivity index (χ3n) is 4.06. The molecule has 1 aliphatic rings. The van der Waals surface area contributed by atoms with Crippen LogP contribution >= 0.6 is 11.6 Å². The number of ether oxygens (including phenoxy) is 1. The van der Waals surface area contributed by atoms with Gasteiger partial charge in [-0.25, -0.2) is 0 Å². The van der Waals surface area contributed by atoms with Crippen LogP contribution < -0.4 is 4.90 Å². The fourth-order valence-corrected chi connectivity index (χ4v) is 3.05. The molecule has 118 valence electrons. The standard InChI is InChI=1S/C16H16ClN5O/c1-10-9-23-8-7-22(10)16-20-14(19-15(17)21-16)12-3-2-4-13-11(12)5-6-18-13/h2-6,10,18H,7-9H2,1H3/t10-/m1/s1. The van der Waals surface area contributed by atoms with Crippen molar-refractivity contribution >= 4 is 28.5 Å². The molecule has 1 fully saturated rings. The van der Waals surface area contributed by atoms with E-state index in [9.17, 15) is 0 Å². The highest BCUT2D eigenvalue weighted by molar-refractivity contribution is 6.28. The van der Waals surface area contributed by atoms with E-state index in [1.54, 1.807) is 0 Å². The van der Waals surface area contributed by atoms with Gasteiger partial charge in [-0.1, -0.05) is 12.1 Å². The zero-order chi connectivity index (χ0) is 15.8. The minimum atomic E-state index is 0.205. The van der Waals surface area contributed by atoms with Crippen molar-refractivity contribution in [2.75, 3.05) is 24.7 Å². The molecule has 2 aromatic heterocycles. The van der Waals surface area contributed by atoms with Gasteiger partial charge in [0, 0.05) is 29.2 Å². The second kappa shape index (κ2) is 5.79. The first-order valence-corrected chi connectivity index (χ1v) is 7.92. The lowest BCUT2D eigenvalue weighted by Gasteiger charge is -2.33. The Kier molecular flexibility index (Phi) is 3.63. The Labute approximate surface area is 138 Å². The number of rotatable bonds is 2. The van der Waals surface area contributed by atoms with Gasteiger partial charge in [0.05, 0.1) is 19.3 Å². The normalized spacial score (nSPS) is 18.5. The van der Waals surface area contributed by atoms with Crippen LogP contribution in [0.15, 0.2) is 30.5 Å². The summed E-state index contributed by atoms with van der Waals surface area (Å²) >= 11 is 6.16. The van der Waals surface area contributed by atoms with Gasteiger partial charge in [0.15, 0.2) is 5.82 Å². The molecule has 1 aromatic carbocycles. The molecule has 0 bridgehead atoms. The number of aromatic amines is 1. The van der Waals surface area contributed by atoms with Crippen LogP contribution in [0.1, 0.15) is 6.92 Å². The smallest absolute Gasteiger partial charge is 0.230 e. The number of hydrogen-bond donors (Lipinski definition) is 1. The molecular formula is C16H16ClN5O. The maximum absolute atomic E-state index is 6.16. The number of benzene rings is 1. The number of nitrogens with zero attached hydrogens (tertiary/aromatic N) is 4. The van der Waals surface area contributed by atoms with E-state index in [1.807, 2.05) is 30.5 Å². The molecule has 0 radical (unpaired) electrons. The number of aromatic nitrogens is 4. The van der Waals surface area contributed by atoms with E-state index in [-0.39, 0.29) is 11.3 Å². The molecule has 1 N–H and O–H groups in total. The van der Waals surface area contributed by atoms with Crippen molar-refractivity contribution in [3.8, 4) is 11.4 Å². The quantitative estimate of drug-likeness (QED) is 0.783. The van der Waals surface area contributed by atoms with Crippen molar-refractivity contribution in [3.63, 3.8) is 0 Å². The number of halogens is 1. The van der Waals surface area contributed by atoms with Crippen LogP contribution in [0, 0.1) is 0 Å². The Balaban J connectivity index is 1.82. The minimum absolute atomic E-state index is 0.205. The van der Waals surface area contributed by atoms with Crippen molar-refractivity contribution in [2.45, 2.75) is 13.0 Å². The molecule has 1 aliphatic heterocycles. The second-order valence-electron chi connectivity index (χ2n) is 5.59. The van der Waals surface area contributed by atoms with E-state index in [2.05, 4.69) is 31.8 Å². The molecule has 0 spiro atoms. The molecule has 0 amide bonds. The number of nitrogens with one attached hydrogen (secondary N) is 1. The van der Waals surface area contributed by atoms with Crippen LogP contribution in [-0.4, -0.2) is 45.7 Å². The topological polar surface area (TPSA) is 66.9 Å². The van der Waals surface area contributed by atoms with Gasteiger partial charge in [0.2, 0.25) is 11.2 Å². The van der Waals surface area contributed by atoms with Gasteiger partial charge in [-0.05, 0) is 30.7 Å². The number of fused-ring (bicyclic) bond motifs is 1. The summed E-state index contributed by atoms with van der Waals surface area (Å²) in [4.78, 5) is 18.6. The van der Waals surface area contributed by atoms with Crippen molar-refractivity contribution < 1.29 is 4.74 Å². The highest BCUT2D eigenvalue weighted by Gasteiger charge is 2.23. The maximum atomic E-state index is 6.16. The highest BCUT2D eigenvalue weighted by atomic mass is 35.5. The summed E-state index contributed by atoms with van der Waals surface area (Å²) in [7, 11) is 0. The Morgan fingerprint density at radius 1 is 1.26 bits per heavy atom. The summed E-state index contributed by atoms with van der Waals surface area (Å²) in [6.45, 7) is 4.15. The second-order valence-corrected chi connectivity index (χ2v) is 5.93. The molecule has 6 nitrogen and oxygen atoms in total. The molecule has 0 saturated carbocycles. The van der Waals surface area contributed by atoms with E-state index in [1.165, 1.54) is 0 Å². The van der Waals surface area contributed by atoms with Crippen LogP contribution in [0.5, 0.6) is 0 Å². The lowest BCUT2D eigenvalue weighted by Crippen LogP contribution is -2.44. The third kappa shape index (κ3) is 2.64. The Morgan fingerprint density at radius 2 is 2.17 bits per heavy atom. The molecule has 23 heavy (non-hydrogen) atoms. The monoisotopic (exact) mass is 329 g/mol. The third-order valence-corrected chi connectivity index (χ3v) is 4.23. The van der Waals surface area contributed by atoms with Gasteiger partial charge in [-0.2, -0.15) is 15.0 Å². The van der Waals surface area contributed by atoms with E-state index in [0.29, 0.717) is 25.0 Å². The lowest BCUT2D eigenvalue weighted by molar-refractivity contribution is 0.0981. The van der Waals surface area contributed by atoms with Gasteiger partial charge in [0.1, 0.15) is 0 Å². The number of morpholine rings is 1. The molecule has 3 aromatic rings. The molecule has 4 rings (SSSR count). The SMILES string of the molecule is C[C@@H]1COCCN1c1nc(Cl)nc(-c2cccc3[nH]ccc23)n1. The fraction of sp³-hybridized carbons (Fsp3) is 0.312. The summed E-state index contributed by atoms with van der Waals surface area (Å²) in [5.74, 6) is 1.19. The van der Waals surface area contributed by atoms with Crippen LogP contribution in [0.4, 0.5) is 5.95 Å². The van der Waals surface area contributed by atoms with Crippen molar-refractivity contribution in [3.05, 3.63) is 35.7 Å². The summed E-state index contributed by atoms with van der Waals surface area (Å²) in [5.41, 5.74) is 1.98. The van der Waals surface area contributed by atoms with E-state index in [4.69, 9.17) is 16.3 Å². The van der Waals surface area contributed by atoms with Gasteiger partial charge >= 0.3 is 0 Å². The van der Waals surface area contributed by atoms with Gasteiger partial charge in [-0.15, -0.1) is 0 Å². The lowest BCUT2D eigenvalue weighted by atomic mass is 10.1. The minimum Gasteiger partial charge on any atom is -0.377 e. The van der Waals surface area contributed by atoms with Crippen molar-refractivity contribution in [1.82, 2.24) is 19.9 Å². The molecule has 0 unspecified atom stereocenters. The molecule has 3 heterocycles. The average Bonchev–Trinajstić information content (AvgIpc) is 3.03. The van der Waals surface area contributed by atoms with Crippen molar-refractivity contribution in [2.24, 2.45) is 0 Å². The first kappa shape index (κ1) is 14.4. The molecular weight excluding hydrogens is 314 g/mol. The van der Waals surface area contributed by atoms with E-state index < -0.39 is 0 Å².